The van der Waals surface area contributed by atoms with E-state index >= 15 is 0 Å². The summed E-state index contributed by atoms with van der Waals surface area (Å²) in [7, 11) is 0. The first-order valence-electron chi connectivity index (χ1n) is 10.0. The predicted octanol–water partition coefficient (Wildman–Crippen LogP) is 2.12. The maximum Gasteiger partial charge on any atom is 0.344 e. The van der Waals surface area contributed by atoms with Gasteiger partial charge in [-0.25, -0.2) is 9.59 Å². The van der Waals surface area contributed by atoms with E-state index in [2.05, 4.69) is 28.3 Å². The van der Waals surface area contributed by atoms with Crippen molar-refractivity contribution >= 4 is 29.6 Å². The third kappa shape index (κ3) is 4.03. The van der Waals surface area contributed by atoms with Gasteiger partial charge in [-0.15, -0.1) is 0 Å². The van der Waals surface area contributed by atoms with Crippen LogP contribution in [0.2, 0.25) is 0 Å². The molecule has 0 radical (unpaired) electrons. The molecule has 4 rings (SSSR count). The van der Waals surface area contributed by atoms with Crippen LogP contribution in [0.4, 0.5) is 15.3 Å². The number of anilines is 1. The maximum atomic E-state index is 12.8. The molecule has 1 heterocycles. The molecule has 0 atom stereocenters. The summed E-state index contributed by atoms with van der Waals surface area (Å²) in [5, 5.41) is 9.06. The van der Waals surface area contributed by atoms with Crippen LogP contribution in [0.3, 0.4) is 0 Å². The Kier molecular flexibility index (Phi) is 4.89. The number of nitrogens with zero attached hydrogens (tertiary/aromatic N) is 1. The summed E-state index contributed by atoms with van der Waals surface area (Å²) in [6.07, 6.45) is 4.86. The molecule has 3 aliphatic rings. The fraction of sp³-hybridized carbons (Fsp3) is 0.500. The molecule has 0 unspecified atom stereocenters. The Morgan fingerprint density at radius 1 is 1.07 bits per heavy atom. The van der Waals surface area contributed by atoms with Crippen LogP contribution in [-0.4, -0.2) is 40.5 Å². The first kappa shape index (κ1) is 19.2. The Morgan fingerprint density at radius 3 is 2.34 bits per heavy atom. The van der Waals surface area contributed by atoms with Crippen molar-refractivity contribution in [1.29, 1.82) is 0 Å². The summed E-state index contributed by atoms with van der Waals surface area (Å²) < 4.78 is 0. The highest BCUT2D eigenvalue weighted by atomic mass is 16.2. The number of nitrogens with one attached hydrogen (secondary N) is 4. The van der Waals surface area contributed by atoms with Gasteiger partial charge in [0.05, 0.1) is 0 Å². The van der Waals surface area contributed by atoms with Gasteiger partial charge in [-0.3, -0.25) is 15.0 Å². The molecular weight excluding hydrogens is 374 g/mol. The van der Waals surface area contributed by atoms with Gasteiger partial charge >= 0.3 is 12.1 Å². The molecule has 1 aliphatic heterocycles. The summed E-state index contributed by atoms with van der Waals surface area (Å²) in [4.78, 5) is 49.4. The molecule has 9 heteroatoms. The van der Waals surface area contributed by atoms with Gasteiger partial charge < -0.3 is 16.0 Å². The zero-order chi connectivity index (χ0) is 20.6. The first-order chi connectivity index (χ1) is 13.9. The Morgan fingerprint density at radius 2 is 1.72 bits per heavy atom. The first-order valence-corrected chi connectivity index (χ1v) is 10.0. The molecule has 1 aromatic carbocycles. The van der Waals surface area contributed by atoms with Crippen LogP contribution in [0.15, 0.2) is 24.3 Å². The summed E-state index contributed by atoms with van der Waals surface area (Å²) in [5.41, 5.74) is 2.32. The lowest BCUT2D eigenvalue weighted by Crippen LogP contribution is -2.51. The quantitative estimate of drug-likeness (QED) is 0.580. The largest absolute Gasteiger partial charge is 0.344 e. The topological polar surface area (TPSA) is 120 Å². The van der Waals surface area contributed by atoms with E-state index < -0.39 is 23.4 Å². The molecule has 2 saturated carbocycles. The number of hydrazine groups is 1. The summed E-state index contributed by atoms with van der Waals surface area (Å²) in [6, 6.07) is 5.61. The van der Waals surface area contributed by atoms with E-state index in [9.17, 15) is 19.2 Å². The summed E-state index contributed by atoms with van der Waals surface area (Å²) in [5.74, 6) is -0.450. The van der Waals surface area contributed by atoms with E-state index in [1.807, 2.05) is 0 Å². The number of carbonyl (C=O) groups excluding carboxylic acids is 4. The Bertz CT molecular complexity index is 841. The number of imide groups is 1. The van der Waals surface area contributed by atoms with Gasteiger partial charge in [0.1, 0.15) is 5.54 Å². The predicted molar refractivity (Wildman–Crippen MR) is 105 cm³/mol. The molecule has 1 aromatic rings. The number of amides is 6. The average Bonchev–Trinajstić information content (AvgIpc) is 3.48. The van der Waals surface area contributed by atoms with Crippen LogP contribution in [0.25, 0.3) is 0 Å². The highest BCUT2D eigenvalue weighted by Crippen LogP contribution is 2.35. The minimum Gasteiger partial charge on any atom is -0.335 e. The van der Waals surface area contributed by atoms with Gasteiger partial charge in [-0.1, -0.05) is 6.92 Å². The molecule has 9 nitrogen and oxygen atoms in total. The van der Waals surface area contributed by atoms with Gasteiger partial charge in [-0.05, 0) is 68.7 Å². The highest BCUT2D eigenvalue weighted by Gasteiger charge is 2.52. The van der Waals surface area contributed by atoms with Crippen LogP contribution in [0.1, 0.15) is 55.8 Å². The molecule has 0 bridgehead atoms. The summed E-state index contributed by atoms with van der Waals surface area (Å²) in [6.45, 7) is 2.13. The van der Waals surface area contributed by atoms with Crippen LogP contribution >= 0.6 is 0 Å². The Hall–Kier alpha value is -3.10. The van der Waals surface area contributed by atoms with E-state index in [0.717, 1.165) is 30.7 Å². The molecule has 154 valence electrons. The number of hydrogen-bond donors (Lipinski definition) is 4. The lowest BCUT2D eigenvalue weighted by Gasteiger charge is -2.33. The number of carbonyl (C=O) groups is 4. The van der Waals surface area contributed by atoms with E-state index in [0.29, 0.717) is 24.4 Å². The standard InChI is InChI=1S/C20H25N5O4/c1-12-8-10-20(11-9-12)17(27)25(19(29)23-20)24-16(26)13-2-4-14(5-3-13)21-18(28)22-15-6-7-15/h2-5,12,15H,6-11H2,1H3,(H,23,29)(H,24,26)(H2,21,22,28). The summed E-state index contributed by atoms with van der Waals surface area (Å²) >= 11 is 0. The highest BCUT2D eigenvalue weighted by molar-refractivity contribution is 6.09. The minimum absolute atomic E-state index is 0.250. The smallest absolute Gasteiger partial charge is 0.335 e. The van der Waals surface area contributed by atoms with Crippen LogP contribution < -0.4 is 21.4 Å². The van der Waals surface area contributed by atoms with Crippen LogP contribution in [0, 0.1) is 5.92 Å². The van der Waals surface area contributed by atoms with Gasteiger partial charge in [0.15, 0.2) is 0 Å². The van der Waals surface area contributed by atoms with Crippen LogP contribution in [-0.2, 0) is 4.79 Å². The van der Waals surface area contributed by atoms with Crippen LogP contribution in [0.5, 0.6) is 0 Å². The normalized spacial score (nSPS) is 26.2. The van der Waals surface area contributed by atoms with Crippen molar-refractivity contribution in [3.63, 3.8) is 0 Å². The average molecular weight is 399 g/mol. The lowest BCUT2D eigenvalue weighted by atomic mass is 9.77. The Balaban J connectivity index is 1.36. The third-order valence-electron chi connectivity index (χ3n) is 5.82. The molecule has 6 amide bonds. The number of hydrogen-bond acceptors (Lipinski definition) is 4. The van der Waals surface area contributed by atoms with E-state index in [1.165, 1.54) is 12.1 Å². The number of urea groups is 2. The minimum atomic E-state index is -0.903. The van der Waals surface area contributed by atoms with E-state index in [-0.39, 0.29) is 17.6 Å². The molecule has 1 spiro atoms. The van der Waals surface area contributed by atoms with Crippen molar-refractivity contribution in [2.45, 2.75) is 57.0 Å². The molecule has 0 aromatic heterocycles. The zero-order valence-corrected chi connectivity index (χ0v) is 16.3. The van der Waals surface area contributed by atoms with E-state index in [4.69, 9.17) is 0 Å². The maximum absolute atomic E-state index is 12.8. The molecule has 1 saturated heterocycles. The van der Waals surface area contributed by atoms with Gasteiger partial charge in [-0.2, -0.15) is 5.01 Å². The molecule has 29 heavy (non-hydrogen) atoms. The molecular formula is C20H25N5O4. The third-order valence-corrected chi connectivity index (χ3v) is 5.82. The van der Waals surface area contributed by atoms with Crippen molar-refractivity contribution in [2.75, 3.05) is 5.32 Å². The van der Waals surface area contributed by atoms with Gasteiger partial charge in [0.2, 0.25) is 0 Å². The van der Waals surface area contributed by atoms with Crippen molar-refractivity contribution < 1.29 is 19.2 Å². The molecule has 3 fully saturated rings. The fourth-order valence-electron chi connectivity index (χ4n) is 3.77. The van der Waals surface area contributed by atoms with Gasteiger partial charge in [0, 0.05) is 17.3 Å². The second kappa shape index (κ2) is 7.38. The van der Waals surface area contributed by atoms with Crippen molar-refractivity contribution in [3.05, 3.63) is 29.8 Å². The van der Waals surface area contributed by atoms with Crippen molar-refractivity contribution in [1.82, 2.24) is 21.1 Å². The molecule has 2 aliphatic carbocycles. The van der Waals surface area contributed by atoms with E-state index in [1.54, 1.807) is 12.1 Å². The monoisotopic (exact) mass is 399 g/mol. The van der Waals surface area contributed by atoms with Crippen molar-refractivity contribution in [3.8, 4) is 0 Å². The SMILES string of the molecule is CC1CCC2(CC1)NC(=O)N(NC(=O)c1ccc(NC(=O)NC3CC3)cc1)C2=O. The second-order valence-electron chi connectivity index (χ2n) is 8.23. The zero-order valence-electron chi connectivity index (χ0n) is 16.3. The second-order valence-corrected chi connectivity index (χ2v) is 8.23. The molecule has 4 N–H and O–H groups in total. The number of benzene rings is 1. The lowest BCUT2D eigenvalue weighted by molar-refractivity contribution is -0.134. The number of rotatable bonds is 4. The van der Waals surface area contributed by atoms with Crippen molar-refractivity contribution in [2.24, 2.45) is 5.92 Å². The fourth-order valence-corrected chi connectivity index (χ4v) is 3.77. The Labute approximate surface area is 168 Å². The van der Waals surface area contributed by atoms with Gasteiger partial charge in [0.25, 0.3) is 11.8 Å².